The lowest BCUT2D eigenvalue weighted by molar-refractivity contribution is -0.192. The Morgan fingerprint density at radius 3 is 1.82 bits per heavy atom. The Balaban J connectivity index is 0.000000591. The molecule has 0 saturated carbocycles. The van der Waals surface area contributed by atoms with Crippen LogP contribution in [0.15, 0.2) is 60.7 Å². The topological polar surface area (TPSA) is 99.5 Å². The summed E-state index contributed by atoms with van der Waals surface area (Å²) < 4.78 is 57.4. The van der Waals surface area contributed by atoms with Crippen LogP contribution in [0.4, 0.5) is 23.2 Å². The van der Waals surface area contributed by atoms with E-state index < -0.39 is 18.1 Å². The summed E-state index contributed by atoms with van der Waals surface area (Å²) in [5.41, 5.74) is 4.63. The third-order valence-corrected chi connectivity index (χ3v) is 7.96. The van der Waals surface area contributed by atoms with E-state index in [1.165, 1.54) is 12.1 Å². The van der Waals surface area contributed by atoms with E-state index in [0.717, 1.165) is 79.4 Å². The Hall–Kier alpha value is -4.32. The van der Waals surface area contributed by atoms with Crippen molar-refractivity contribution in [1.82, 2.24) is 4.90 Å². The van der Waals surface area contributed by atoms with Crippen molar-refractivity contribution in [1.29, 1.82) is 0 Å². The van der Waals surface area contributed by atoms with E-state index in [1.807, 2.05) is 26.0 Å². The maximum atomic E-state index is 13.6. The molecule has 45 heavy (non-hydrogen) atoms. The summed E-state index contributed by atoms with van der Waals surface area (Å²) in [4.78, 5) is 24.9. The quantitative estimate of drug-likeness (QED) is 0.251. The number of aromatic carboxylic acids is 1. The third kappa shape index (κ3) is 8.44. The first-order valence-corrected chi connectivity index (χ1v) is 14.6. The van der Waals surface area contributed by atoms with E-state index in [-0.39, 0.29) is 5.82 Å². The molecule has 3 aromatic carbocycles. The van der Waals surface area contributed by atoms with Gasteiger partial charge in [-0.05, 0) is 99.4 Å². The molecular formula is C33H36F4N2O6. The highest BCUT2D eigenvalue weighted by atomic mass is 19.4. The number of halogens is 4. The number of hydrogen-bond acceptors (Lipinski definition) is 6. The minimum Gasteiger partial charge on any atom is -0.493 e. The van der Waals surface area contributed by atoms with Crippen molar-refractivity contribution in [3.05, 3.63) is 77.6 Å². The van der Waals surface area contributed by atoms with Gasteiger partial charge < -0.3 is 24.6 Å². The van der Waals surface area contributed by atoms with Crippen LogP contribution in [-0.4, -0.2) is 72.6 Å². The second-order valence-corrected chi connectivity index (χ2v) is 11.1. The summed E-state index contributed by atoms with van der Waals surface area (Å²) in [5, 5.41) is 16.3. The second-order valence-electron chi connectivity index (χ2n) is 11.1. The molecule has 0 aliphatic carbocycles. The van der Waals surface area contributed by atoms with Crippen molar-refractivity contribution < 1.29 is 46.8 Å². The molecule has 242 valence electrons. The summed E-state index contributed by atoms with van der Waals surface area (Å²) >= 11 is 0. The fraction of sp³-hybridized carbons (Fsp3) is 0.394. The molecule has 2 N–H and O–H groups in total. The number of carboxylic acid groups (broad SMARTS) is 2. The van der Waals surface area contributed by atoms with Crippen LogP contribution in [0.1, 0.15) is 42.6 Å². The van der Waals surface area contributed by atoms with Crippen molar-refractivity contribution >= 4 is 17.6 Å². The Morgan fingerprint density at radius 2 is 1.38 bits per heavy atom. The molecule has 1 spiro atoms. The zero-order chi connectivity index (χ0) is 32.8. The lowest BCUT2D eigenvalue weighted by atomic mass is 9.71. The largest absolute Gasteiger partial charge is 0.493 e. The SMILES string of the molecule is CCOc1cc(CN2CCC3(CC2)CN(c2ccc(C(=O)O)cc2)C3)cc(OCC)c1-c1ccc(F)cc1.O=C(O)C(F)(F)F. The van der Waals surface area contributed by atoms with Crippen molar-refractivity contribution in [3.8, 4) is 22.6 Å². The number of aliphatic carboxylic acids is 1. The number of carboxylic acids is 2. The number of anilines is 1. The molecule has 2 heterocycles. The van der Waals surface area contributed by atoms with Crippen LogP contribution in [0.3, 0.4) is 0 Å². The van der Waals surface area contributed by atoms with Gasteiger partial charge in [-0.3, -0.25) is 4.90 Å². The number of rotatable bonds is 9. The number of nitrogens with zero attached hydrogens (tertiary/aromatic N) is 2. The molecule has 2 saturated heterocycles. The molecule has 0 aromatic heterocycles. The summed E-state index contributed by atoms with van der Waals surface area (Å²) in [6.45, 7) is 9.91. The van der Waals surface area contributed by atoms with E-state index in [4.69, 9.17) is 24.5 Å². The number of alkyl halides is 3. The van der Waals surface area contributed by atoms with E-state index in [0.29, 0.717) is 24.2 Å². The van der Waals surface area contributed by atoms with Crippen LogP contribution in [-0.2, 0) is 11.3 Å². The van der Waals surface area contributed by atoms with Gasteiger partial charge in [-0.25, -0.2) is 14.0 Å². The van der Waals surface area contributed by atoms with Gasteiger partial charge in [0.2, 0.25) is 0 Å². The molecule has 8 nitrogen and oxygen atoms in total. The minimum absolute atomic E-state index is 0.269. The number of hydrogen-bond donors (Lipinski definition) is 2. The molecule has 0 bridgehead atoms. The summed E-state index contributed by atoms with van der Waals surface area (Å²) in [5.74, 6) is -2.40. The Morgan fingerprint density at radius 1 is 0.867 bits per heavy atom. The van der Waals surface area contributed by atoms with Crippen molar-refractivity contribution in [2.75, 3.05) is 44.3 Å². The average molecular weight is 633 g/mol. The summed E-state index contributed by atoms with van der Waals surface area (Å²) in [6, 6.07) is 17.8. The van der Waals surface area contributed by atoms with Crippen LogP contribution < -0.4 is 14.4 Å². The molecule has 2 aliphatic rings. The number of likely N-dealkylation sites (tertiary alicyclic amines) is 1. The molecule has 2 fully saturated rings. The third-order valence-electron chi connectivity index (χ3n) is 7.96. The predicted molar refractivity (Wildman–Crippen MR) is 160 cm³/mol. The molecule has 0 radical (unpaired) electrons. The fourth-order valence-electron chi connectivity index (χ4n) is 5.70. The minimum atomic E-state index is -5.08. The van der Waals surface area contributed by atoms with Crippen molar-refractivity contribution in [3.63, 3.8) is 0 Å². The van der Waals surface area contributed by atoms with Crippen LogP contribution in [0.25, 0.3) is 11.1 Å². The fourth-order valence-corrected chi connectivity index (χ4v) is 5.70. The van der Waals surface area contributed by atoms with E-state index in [9.17, 15) is 22.4 Å². The van der Waals surface area contributed by atoms with Gasteiger partial charge in [-0.1, -0.05) is 12.1 Å². The average Bonchev–Trinajstić information content (AvgIpc) is 2.97. The van der Waals surface area contributed by atoms with Gasteiger partial charge >= 0.3 is 18.1 Å². The van der Waals surface area contributed by atoms with E-state index in [2.05, 4.69) is 21.9 Å². The zero-order valence-corrected chi connectivity index (χ0v) is 25.1. The number of ether oxygens (including phenoxy) is 2. The first kappa shape index (κ1) is 33.6. The second kappa shape index (κ2) is 14.2. The van der Waals surface area contributed by atoms with Crippen LogP contribution in [0.5, 0.6) is 11.5 Å². The standard InChI is InChI=1S/C31H35FN2O4.C2HF3O2/c1-3-37-27-17-22(18-28(38-4-2)29(27)23-5-9-25(32)10-6-23)19-33-15-13-31(14-16-33)20-34(21-31)26-11-7-24(8-12-26)30(35)36;3-2(4,5)1(6)7/h5-12,17-18H,3-4,13-16,19-21H2,1-2H3,(H,35,36);(H,6,7). The molecule has 0 atom stereocenters. The van der Waals surface area contributed by atoms with Gasteiger partial charge in [0.05, 0.1) is 24.3 Å². The molecular weight excluding hydrogens is 596 g/mol. The summed E-state index contributed by atoms with van der Waals surface area (Å²) in [7, 11) is 0. The molecule has 2 aliphatic heterocycles. The van der Waals surface area contributed by atoms with Gasteiger partial charge in [0, 0.05) is 30.7 Å². The van der Waals surface area contributed by atoms with Gasteiger partial charge in [0.15, 0.2) is 0 Å². The van der Waals surface area contributed by atoms with Gasteiger partial charge in [0.1, 0.15) is 17.3 Å². The number of benzene rings is 3. The molecule has 12 heteroatoms. The molecule has 3 aromatic rings. The first-order chi connectivity index (χ1) is 21.3. The maximum absolute atomic E-state index is 13.6. The smallest absolute Gasteiger partial charge is 0.490 e. The maximum Gasteiger partial charge on any atom is 0.490 e. The highest BCUT2D eigenvalue weighted by molar-refractivity contribution is 5.88. The molecule has 5 rings (SSSR count). The van der Waals surface area contributed by atoms with Gasteiger partial charge in [-0.2, -0.15) is 13.2 Å². The van der Waals surface area contributed by atoms with Gasteiger partial charge in [-0.15, -0.1) is 0 Å². The normalized spacial score (nSPS) is 15.9. The number of piperidine rings is 1. The number of carbonyl (C=O) groups is 2. The monoisotopic (exact) mass is 632 g/mol. The highest BCUT2D eigenvalue weighted by Gasteiger charge is 2.44. The first-order valence-electron chi connectivity index (χ1n) is 14.6. The lowest BCUT2D eigenvalue weighted by Crippen LogP contribution is -2.60. The zero-order valence-electron chi connectivity index (χ0n) is 25.1. The Bertz CT molecular complexity index is 1440. The highest BCUT2D eigenvalue weighted by Crippen LogP contribution is 2.44. The van der Waals surface area contributed by atoms with Gasteiger partial charge in [0.25, 0.3) is 0 Å². The summed E-state index contributed by atoms with van der Waals surface area (Å²) in [6.07, 6.45) is -2.80. The Kier molecular flexibility index (Phi) is 10.6. The van der Waals surface area contributed by atoms with Crippen molar-refractivity contribution in [2.24, 2.45) is 5.41 Å². The lowest BCUT2D eigenvalue weighted by Gasteiger charge is -2.55. The van der Waals surface area contributed by atoms with Crippen LogP contribution in [0.2, 0.25) is 0 Å². The molecule has 0 unspecified atom stereocenters. The van der Waals surface area contributed by atoms with Crippen LogP contribution in [0, 0.1) is 11.2 Å². The van der Waals surface area contributed by atoms with E-state index in [1.54, 1.807) is 24.3 Å². The Labute approximate surface area is 258 Å². The predicted octanol–water partition coefficient (Wildman–Crippen LogP) is 6.72. The van der Waals surface area contributed by atoms with E-state index >= 15 is 0 Å². The van der Waals surface area contributed by atoms with Crippen LogP contribution >= 0.6 is 0 Å². The molecule has 0 amide bonds. The van der Waals surface area contributed by atoms with Crippen molar-refractivity contribution in [2.45, 2.75) is 39.4 Å².